The Morgan fingerprint density at radius 3 is 2.74 bits per heavy atom. The zero-order valence-electron chi connectivity index (χ0n) is 13.1. The summed E-state index contributed by atoms with van der Waals surface area (Å²) in [5, 5.41) is 6.63. The van der Waals surface area contributed by atoms with Gasteiger partial charge in [-0.15, -0.1) is 35.3 Å². The molecule has 0 aliphatic heterocycles. The zero-order valence-corrected chi connectivity index (χ0v) is 17.8. The lowest BCUT2D eigenvalue weighted by molar-refractivity contribution is 0.787. The van der Waals surface area contributed by atoms with Crippen molar-refractivity contribution in [3.63, 3.8) is 0 Å². The van der Waals surface area contributed by atoms with Crippen LogP contribution in [0.25, 0.3) is 0 Å². The minimum atomic E-state index is 0. The Balaban J connectivity index is 0.00000264. The molecule has 0 bridgehead atoms. The van der Waals surface area contributed by atoms with Gasteiger partial charge >= 0.3 is 0 Å². The Hall–Kier alpha value is -0.670. The smallest absolute Gasteiger partial charge is 0.191 e. The Kier molecular flexibility index (Phi) is 10.5. The fourth-order valence-corrected chi connectivity index (χ4v) is 3.43. The SMILES string of the molecule is CCNC(=NCCc1ccc(Br)s1)NCCc1ccccn1.I. The number of nitrogens with one attached hydrogen (secondary N) is 2. The van der Waals surface area contributed by atoms with E-state index in [-0.39, 0.29) is 24.0 Å². The monoisotopic (exact) mass is 508 g/mol. The van der Waals surface area contributed by atoms with E-state index in [2.05, 4.69) is 55.6 Å². The summed E-state index contributed by atoms with van der Waals surface area (Å²) in [5.41, 5.74) is 1.09. The molecule has 2 heterocycles. The number of rotatable bonds is 7. The minimum Gasteiger partial charge on any atom is -0.357 e. The number of aromatic nitrogens is 1. The summed E-state index contributed by atoms with van der Waals surface area (Å²) in [6.07, 6.45) is 3.68. The standard InChI is InChI=1S/C16H21BrN4S.HI/c1-2-18-16(20-11-8-13-5-3-4-10-19-13)21-12-9-14-6-7-15(17)22-14;/h3-7,10H,2,8-9,11-12H2,1H3,(H2,18,20,21);1H. The maximum Gasteiger partial charge on any atom is 0.191 e. The van der Waals surface area contributed by atoms with E-state index < -0.39 is 0 Å². The zero-order chi connectivity index (χ0) is 15.6. The molecule has 2 aromatic rings. The largest absolute Gasteiger partial charge is 0.357 e. The van der Waals surface area contributed by atoms with Crippen LogP contribution < -0.4 is 10.6 Å². The van der Waals surface area contributed by atoms with Crippen molar-refractivity contribution in [2.24, 2.45) is 4.99 Å². The normalized spacial score (nSPS) is 11.0. The molecule has 0 aliphatic carbocycles. The highest BCUT2D eigenvalue weighted by atomic mass is 127. The van der Waals surface area contributed by atoms with E-state index in [1.54, 1.807) is 11.3 Å². The van der Waals surface area contributed by atoms with Gasteiger partial charge in [0.2, 0.25) is 0 Å². The number of hydrogen-bond donors (Lipinski definition) is 2. The van der Waals surface area contributed by atoms with Crippen molar-refractivity contribution in [2.45, 2.75) is 19.8 Å². The Labute approximate surface area is 167 Å². The summed E-state index contributed by atoms with van der Waals surface area (Å²) in [6, 6.07) is 10.2. The maximum absolute atomic E-state index is 4.61. The fraction of sp³-hybridized carbons (Fsp3) is 0.375. The number of halogens is 2. The van der Waals surface area contributed by atoms with Gasteiger partial charge in [-0.1, -0.05) is 6.07 Å². The number of pyridine rings is 1. The van der Waals surface area contributed by atoms with Gasteiger partial charge in [-0.05, 0) is 47.1 Å². The van der Waals surface area contributed by atoms with E-state index in [1.807, 2.05) is 24.4 Å². The topological polar surface area (TPSA) is 49.3 Å². The van der Waals surface area contributed by atoms with E-state index in [9.17, 15) is 0 Å². The van der Waals surface area contributed by atoms with Crippen LogP contribution in [0.15, 0.2) is 45.3 Å². The van der Waals surface area contributed by atoms with E-state index in [1.165, 1.54) is 8.66 Å². The first-order valence-corrected chi connectivity index (χ1v) is 9.05. The molecule has 23 heavy (non-hydrogen) atoms. The van der Waals surface area contributed by atoms with Crippen LogP contribution in [0.5, 0.6) is 0 Å². The lowest BCUT2D eigenvalue weighted by Gasteiger charge is -2.10. The second kappa shape index (κ2) is 11.8. The van der Waals surface area contributed by atoms with Crippen LogP contribution in [-0.2, 0) is 12.8 Å². The van der Waals surface area contributed by atoms with Crippen LogP contribution >= 0.6 is 51.2 Å². The lowest BCUT2D eigenvalue weighted by Crippen LogP contribution is -2.38. The molecule has 0 amide bonds. The molecule has 0 spiro atoms. The molecule has 0 fully saturated rings. The first-order valence-electron chi connectivity index (χ1n) is 7.44. The van der Waals surface area contributed by atoms with Crippen molar-refractivity contribution in [3.05, 3.63) is 50.9 Å². The molecule has 2 N–H and O–H groups in total. The Morgan fingerprint density at radius 1 is 1.22 bits per heavy atom. The minimum absolute atomic E-state index is 0. The highest BCUT2D eigenvalue weighted by Gasteiger charge is 2.00. The second-order valence-electron chi connectivity index (χ2n) is 4.71. The average Bonchev–Trinajstić information content (AvgIpc) is 2.94. The van der Waals surface area contributed by atoms with Crippen molar-refractivity contribution in [1.82, 2.24) is 15.6 Å². The van der Waals surface area contributed by atoms with Crippen LogP contribution in [0.1, 0.15) is 17.5 Å². The van der Waals surface area contributed by atoms with Gasteiger partial charge in [-0.2, -0.15) is 0 Å². The van der Waals surface area contributed by atoms with E-state index >= 15 is 0 Å². The number of aliphatic imine (C=N–C) groups is 1. The Bertz CT molecular complexity index is 589. The summed E-state index contributed by atoms with van der Waals surface area (Å²) in [6.45, 7) is 4.55. The number of hydrogen-bond acceptors (Lipinski definition) is 3. The molecule has 0 saturated carbocycles. The highest BCUT2D eigenvalue weighted by molar-refractivity contribution is 14.0. The van der Waals surface area contributed by atoms with E-state index in [0.29, 0.717) is 0 Å². The van der Waals surface area contributed by atoms with Crippen molar-refractivity contribution < 1.29 is 0 Å². The molecule has 2 rings (SSSR count). The summed E-state index contributed by atoms with van der Waals surface area (Å²) in [7, 11) is 0. The quantitative estimate of drug-likeness (QED) is 0.339. The average molecular weight is 509 g/mol. The summed E-state index contributed by atoms with van der Waals surface area (Å²) in [4.78, 5) is 10.3. The van der Waals surface area contributed by atoms with Gasteiger partial charge in [0.05, 0.1) is 3.79 Å². The van der Waals surface area contributed by atoms with E-state index in [0.717, 1.165) is 44.1 Å². The van der Waals surface area contributed by atoms with Gasteiger partial charge in [-0.25, -0.2) is 0 Å². The molecule has 7 heteroatoms. The molecule has 0 aliphatic rings. The molecule has 0 aromatic carbocycles. The highest BCUT2D eigenvalue weighted by Crippen LogP contribution is 2.22. The summed E-state index contributed by atoms with van der Waals surface area (Å²) >= 11 is 5.25. The van der Waals surface area contributed by atoms with E-state index in [4.69, 9.17) is 0 Å². The molecular formula is C16H22BrIN4S. The van der Waals surface area contributed by atoms with Gasteiger partial charge < -0.3 is 10.6 Å². The summed E-state index contributed by atoms with van der Waals surface area (Å²) in [5.74, 6) is 0.869. The first-order chi connectivity index (χ1) is 10.8. The predicted molar refractivity (Wildman–Crippen MR) is 113 cm³/mol. The third-order valence-corrected chi connectivity index (χ3v) is 4.68. The fourth-order valence-electron chi connectivity index (χ4n) is 1.96. The second-order valence-corrected chi connectivity index (χ2v) is 7.26. The molecule has 4 nitrogen and oxygen atoms in total. The van der Waals surface area contributed by atoms with Crippen molar-refractivity contribution in [3.8, 4) is 0 Å². The van der Waals surface area contributed by atoms with Gasteiger partial charge in [-0.3, -0.25) is 9.98 Å². The van der Waals surface area contributed by atoms with Gasteiger partial charge in [0.25, 0.3) is 0 Å². The van der Waals surface area contributed by atoms with Gasteiger partial charge in [0, 0.05) is 49.2 Å². The molecule has 0 unspecified atom stereocenters. The lowest BCUT2D eigenvalue weighted by atomic mass is 10.3. The predicted octanol–water partition coefficient (Wildman–Crippen LogP) is 3.86. The molecule has 0 saturated heterocycles. The first kappa shape index (κ1) is 20.4. The molecule has 0 atom stereocenters. The van der Waals surface area contributed by atoms with Crippen molar-refractivity contribution >= 4 is 57.2 Å². The van der Waals surface area contributed by atoms with Crippen molar-refractivity contribution in [1.29, 1.82) is 0 Å². The molecule has 2 aromatic heterocycles. The number of nitrogens with zero attached hydrogens (tertiary/aromatic N) is 2. The third kappa shape index (κ3) is 8.12. The van der Waals surface area contributed by atoms with Crippen LogP contribution in [0.3, 0.4) is 0 Å². The Morgan fingerprint density at radius 2 is 2.09 bits per heavy atom. The molecule has 126 valence electrons. The summed E-state index contributed by atoms with van der Waals surface area (Å²) < 4.78 is 1.17. The molecular weight excluding hydrogens is 487 g/mol. The van der Waals surface area contributed by atoms with Gasteiger partial charge in [0.15, 0.2) is 5.96 Å². The third-order valence-electron chi connectivity index (χ3n) is 3.00. The maximum atomic E-state index is 4.61. The number of thiophene rings is 1. The van der Waals surface area contributed by atoms with Crippen LogP contribution in [0.2, 0.25) is 0 Å². The van der Waals surface area contributed by atoms with Gasteiger partial charge in [0.1, 0.15) is 0 Å². The number of guanidine groups is 1. The van der Waals surface area contributed by atoms with Crippen molar-refractivity contribution in [2.75, 3.05) is 19.6 Å². The van der Waals surface area contributed by atoms with Crippen LogP contribution in [-0.4, -0.2) is 30.6 Å². The van der Waals surface area contributed by atoms with Crippen LogP contribution in [0, 0.1) is 0 Å². The molecule has 0 radical (unpaired) electrons. The van der Waals surface area contributed by atoms with Crippen LogP contribution in [0.4, 0.5) is 0 Å².